The van der Waals surface area contributed by atoms with Crippen LogP contribution in [0.25, 0.3) is 117 Å². The summed E-state index contributed by atoms with van der Waals surface area (Å²) in [6.07, 6.45) is 0. The van der Waals surface area contributed by atoms with E-state index >= 15 is 0 Å². The number of benzene rings is 8. The lowest BCUT2D eigenvalue weighted by Crippen LogP contribution is -2.00. The first-order chi connectivity index (χ1) is 28.2. The van der Waals surface area contributed by atoms with E-state index in [1.165, 1.54) is 10.8 Å². The minimum Gasteiger partial charge on any atom is -0.456 e. The largest absolute Gasteiger partial charge is 0.456 e. The lowest BCUT2D eigenvalue weighted by Gasteiger charge is -2.12. The molecule has 0 N–H and O–H groups in total. The molecule has 12 aromatic rings. The quantitative estimate of drug-likeness (QED) is 0.176. The van der Waals surface area contributed by atoms with Crippen molar-refractivity contribution in [1.82, 2.24) is 19.5 Å². The van der Waals surface area contributed by atoms with Gasteiger partial charge in [-0.3, -0.25) is 0 Å². The third-order valence-corrected chi connectivity index (χ3v) is 11.0. The van der Waals surface area contributed by atoms with Crippen molar-refractivity contribution in [3.63, 3.8) is 0 Å². The fraction of sp³-hybridized carbons (Fsp3) is 0. The number of aromatic nitrogens is 4. The van der Waals surface area contributed by atoms with Crippen LogP contribution in [0.3, 0.4) is 0 Å². The zero-order valence-corrected chi connectivity index (χ0v) is 30.4. The van der Waals surface area contributed by atoms with Crippen molar-refractivity contribution >= 4 is 65.7 Å². The molecular weight excluding hydrogens is 701 g/mol. The van der Waals surface area contributed by atoms with Gasteiger partial charge in [-0.15, -0.1) is 0 Å². The van der Waals surface area contributed by atoms with Crippen LogP contribution in [0.5, 0.6) is 0 Å². The number of hydrogen-bond donors (Lipinski definition) is 0. The zero-order valence-electron chi connectivity index (χ0n) is 30.4. The highest BCUT2D eigenvalue weighted by atomic mass is 16.3. The molecule has 0 saturated heterocycles. The Morgan fingerprint density at radius 2 is 0.825 bits per heavy atom. The summed E-state index contributed by atoms with van der Waals surface area (Å²) in [7, 11) is 0. The van der Waals surface area contributed by atoms with Crippen molar-refractivity contribution in [3.05, 3.63) is 182 Å². The standard InChI is InChI=1S/C51H30N4O2/c1-3-13-31(14-4-1)49-52-50(32-15-5-2-6-16-32)54-51(53-49)34-24-26-40-42-30-35(55-43-20-10-7-17-36(43)37-18-8-11-21-44(37)55)29-41(48(42)57-47(40)28-34)33-23-25-39-38-19-9-12-22-45(38)56-46(39)27-33/h1-30H. The molecule has 0 fully saturated rings. The SMILES string of the molecule is c1ccc(-c2nc(-c3ccccc3)nc(-c3ccc4c(c3)oc3c(-c5ccc6c(c5)oc5ccccc56)cc(-n5c6ccccc6c6ccccc65)cc34)n2)cc1. The predicted molar refractivity (Wildman–Crippen MR) is 230 cm³/mol. The van der Waals surface area contributed by atoms with Crippen LogP contribution in [0, 0.1) is 0 Å². The van der Waals surface area contributed by atoms with E-state index in [0.717, 1.165) is 88.4 Å². The van der Waals surface area contributed by atoms with Crippen LogP contribution in [0.1, 0.15) is 0 Å². The molecule has 266 valence electrons. The minimum absolute atomic E-state index is 0.576. The average Bonchev–Trinajstić information content (AvgIpc) is 3.95. The Morgan fingerprint density at radius 1 is 0.333 bits per heavy atom. The monoisotopic (exact) mass is 730 g/mol. The molecule has 0 aliphatic carbocycles. The van der Waals surface area contributed by atoms with E-state index in [1.807, 2.05) is 72.8 Å². The Hall–Kier alpha value is -7.83. The first-order valence-electron chi connectivity index (χ1n) is 19.0. The van der Waals surface area contributed by atoms with Gasteiger partial charge in [-0.25, -0.2) is 15.0 Å². The van der Waals surface area contributed by atoms with E-state index in [4.69, 9.17) is 23.8 Å². The summed E-state index contributed by atoms with van der Waals surface area (Å²) in [6, 6.07) is 62.7. The van der Waals surface area contributed by atoms with E-state index < -0.39 is 0 Å². The van der Waals surface area contributed by atoms with Gasteiger partial charge in [-0.05, 0) is 60.2 Å². The fourth-order valence-electron chi connectivity index (χ4n) is 8.38. The molecule has 0 amide bonds. The third kappa shape index (κ3) is 5.01. The summed E-state index contributed by atoms with van der Waals surface area (Å²) < 4.78 is 15.7. The van der Waals surface area contributed by atoms with Gasteiger partial charge in [0.25, 0.3) is 0 Å². The zero-order chi connectivity index (χ0) is 37.5. The second kappa shape index (κ2) is 12.3. The molecule has 57 heavy (non-hydrogen) atoms. The maximum atomic E-state index is 6.94. The summed E-state index contributed by atoms with van der Waals surface area (Å²) in [5.74, 6) is 1.80. The number of hydrogen-bond acceptors (Lipinski definition) is 5. The van der Waals surface area contributed by atoms with Crippen LogP contribution < -0.4 is 0 Å². The van der Waals surface area contributed by atoms with Crippen LogP contribution in [0.2, 0.25) is 0 Å². The molecule has 0 aliphatic rings. The van der Waals surface area contributed by atoms with E-state index in [1.54, 1.807) is 0 Å². The Labute approximate surface area is 325 Å². The number of para-hydroxylation sites is 3. The van der Waals surface area contributed by atoms with Crippen molar-refractivity contribution in [2.75, 3.05) is 0 Å². The van der Waals surface area contributed by atoms with Gasteiger partial charge in [0.15, 0.2) is 17.5 Å². The number of fused-ring (bicyclic) bond motifs is 9. The molecule has 0 atom stereocenters. The Morgan fingerprint density at radius 3 is 1.49 bits per heavy atom. The fourth-order valence-corrected chi connectivity index (χ4v) is 8.38. The highest BCUT2D eigenvalue weighted by Gasteiger charge is 2.21. The van der Waals surface area contributed by atoms with Gasteiger partial charge in [-0.2, -0.15) is 0 Å². The summed E-state index contributed by atoms with van der Waals surface area (Å²) in [6.45, 7) is 0. The second-order valence-electron chi connectivity index (χ2n) is 14.4. The molecule has 0 bridgehead atoms. The molecule has 0 unspecified atom stereocenters. The van der Waals surface area contributed by atoms with Crippen molar-refractivity contribution in [1.29, 1.82) is 0 Å². The third-order valence-electron chi connectivity index (χ3n) is 11.0. The van der Waals surface area contributed by atoms with Gasteiger partial charge in [-0.1, -0.05) is 127 Å². The molecule has 6 nitrogen and oxygen atoms in total. The molecule has 6 heteroatoms. The lowest BCUT2D eigenvalue weighted by atomic mass is 9.99. The molecule has 0 aliphatic heterocycles. The Bertz CT molecular complexity index is 3410. The van der Waals surface area contributed by atoms with Crippen LogP contribution in [0.15, 0.2) is 191 Å². The Kier molecular flexibility index (Phi) is 6.83. The molecule has 0 saturated carbocycles. The maximum Gasteiger partial charge on any atom is 0.164 e. The number of furan rings is 2. The molecule has 12 rings (SSSR count). The van der Waals surface area contributed by atoms with E-state index in [2.05, 4.69) is 114 Å². The average molecular weight is 731 g/mol. The summed E-state index contributed by atoms with van der Waals surface area (Å²) in [4.78, 5) is 14.9. The summed E-state index contributed by atoms with van der Waals surface area (Å²) in [5.41, 5.74) is 11.2. The first kappa shape index (κ1) is 31.5. The first-order valence-corrected chi connectivity index (χ1v) is 19.0. The normalized spacial score (nSPS) is 11.9. The van der Waals surface area contributed by atoms with Gasteiger partial charge in [0.05, 0.1) is 11.0 Å². The molecule has 4 aromatic heterocycles. The number of rotatable bonds is 5. The summed E-state index contributed by atoms with van der Waals surface area (Å²) >= 11 is 0. The van der Waals surface area contributed by atoms with Gasteiger partial charge in [0, 0.05) is 60.3 Å². The van der Waals surface area contributed by atoms with E-state index in [-0.39, 0.29) is 0 Å². The van der Waals surface area contributed by atoms with E-state index in [9.17, 15) is 0 Å². The van der Waals surface area contributed by atoms with Gasteiger partial charge in [0.1, 0.15) is 22.3 Å². The summed E-state index contributed by atoms with van der Waals surface area (Å²) in [5, 5.41) is 6.62. The van der Waals surface area contributed by atoms with E-state index in [0.29, 0.717) is 17.5 Å². The minimum atomic E-state index is 0.576. The molecule has 8 aromatic carbocycles. The Balaban J connectivity index is 1.10. The number of nitrogens with zero attached hydrogens (tertiary/aromatic N) is 4. The van der Waals surface area contributed by atoms with Gasteiger partial charge >= 0.3 is 0 Å². The van der Waals surface area contributed by atoms with Crippen LogP contribution >= 0.6 is 0 Å². The van der Waals surface area contributed by atoms with Gasteiger partial charge < -0.3 is 13.4 Å². The maximum absolute atomic E-state index is 6.94. The van der Waals surface area contributed by atoms with Crippen molar-refractivity contribution in [2.24, 2.45) is 0 Å². The predicted octanol–water partition coefficient (Wildman–Crippen LogP) is 13.4. The van der Waals surface area contributed by atoms with Crippen LogP contribution in [-0.2, 0) is 0 Å². The van der Waals surface area contributed by atoms with Gasteiger partial charge in [0.2, 0.25) is 0 Å². The van der Waals surface area contributed by atoms with Crippen LogP contribution in [-0.4, -0.2) is 19.5 Å². The smallest absolute Gasteiger partial charge is 0.164 e. The highest BCUT2D eigenvalue weighted by molar-refractivity contribution is 6.14. The second-order valence-corrected chi connectivity index (χ2v) is 14.4. The molecular formula is C51H30N4O2. The van der Waals surface area contributed by atoms with Crippen molar-refractivity contribution < 1.29 is 8.83 Å². The van der Waals surface area contributed by atoms with Crippen molar-refractivity contribution in [2.45, 2.75) is 0 Å². The van der Waals surface area contributed by atoms with Crippen LogP contribution in [0.4, 0.5) is 0 Å². The molecule has 4 heterocycles. The topological polar surface area (TPSA) is 69.9 Å². The highest BCUT2D eigenvalue weighted by Crippen LogP contribution is 2.42. The molecule has 0 spiro atoms. The van der Waals surface area contributed by atoms with Crippen molar-refractivity contribution in [3.8, 4) is 51.0 Å². The lowest BCUT2D eigenvalue weighted by molar-refractivity contribution is 0.668. The molecule has 0 radical (unpaired) electrons.